The number of nitrogens with two attached hydrogens (primary N) is 1. The molecule has 0 bridgehead atoms. The van der Waals surface area contributed by atoms with Crippen LogP contribution >= 0.6 is 0 Å². The lowest BCUT2D eigenvalue weighted by molar-refractivity contribution is -0.116. The minimum atomic E-state index is -3.70. The van der Waals surface area contributed by atoms with Crippen LogP contribution in [0.25, 0.3) is 0 Å². The molecular weight excluding hydrogens is 354 g/mol. The van der Waals surface area contributed by atoms with Crippen LogP contribution in [0, 0.1) is 0 Å². The van der Waals surface area contributed by atoms with Crippen LogP contribution in [0.5, 0.6) is 5.75 Å². The van der Waals surface area contributed by atoms with E-state index < -0.39 is 10.0 Å². The Labute approximate surface area is 152 Å². The Morgan fingerprint density at radius 2 is 2.04 bits per heavy atom. The molecule has 0 fully saturated rings. The molecule has 1 heterocycles. The van der Waals surface area contributed by atoms with Gasteiger partial charge in [-0.15, -0.1) is 0 Å². The predicted octanol–water partition coefficient (Wildman–Crippen LogP) is 1.73. The number of carbonyl (C=O) groups is 1. The molecule has 1 aliphatic heterocycles. The van der Waals surface area contributed by atoms with Gasteiger partial charge in [-0.3, -0.25) is 4.79 Å². The SMILES string of the molecule is COc1ccccc1NC(=O)CCN1CCc2cc(S(N)(=O)=O)ccc21. The van der Waals surface area contributed by atoms with Crippen molar-refractivity contribution >= 4 is 27.3 Å². The number of hydrogen-bond donors (Lipinski definition) is 2. The summed E-state index contributed by atoms with van der Waals surface area (Å²) in [6.07, 6.45) is 1.04. The average molecular weight is 375 g/mol. The zero-order valence-electron chi connectivity index (χ0n) is 14.4. The number of anilines is 2. The van der Waals surface area contributed by atoms with E-state index >= 15 is 0 Å². The fourth-order valence-electron chi connectivity index (χ4n) is 3.05. The molecular formula is C18H21N3O4S. The highest BCUT2D eigenvalue weighted by Crippen LogP contribution is 2.30. The number of carbonyl (C=O) groups excluding carboxylic acids is 1. The molecule has 1 aliphatic rings. The van der Waals surface area contributed by atoms with Crippen molar-refractivity contribution in [2.24, 2.45) is 5.14 Å². The number of sulfonamides is 1. The molecule has 2 aromatic rings. The Balaban J connectivity index is 1.63. The first-order chi connectivity index (χ1) is 12.4. The summed E-state index contributed by atoms with van der Waals surface area (Å²) in [5, 5.41) is 8.03. The summed E-state index contributed by atoms with van der Waals surface area (Å²) < 4.78 is 28.1. The van der Waals surface area contributed by atoms with Crippen LogP contribution in [-0.4, -0.2) is 34.5 Å². The number of hydrogen-bond acceptors (Lipinski definition) is 5. The summed E-state index contributed by atoms with van der Waals surface area (Å²) >= 11 is 0. The van der Waals surface area contributed by atoms with Gasteiger partial charge in [-0.1, -0.05) is 12.1 Å². The third-order valence-electron chi connectivity index (χ3n) is 4.36. The van der Waals surface area contributed by atoms with Gasteiger partial charge in [0.25, 0.3) is 0 Å². The van der Waals surface area contributed by atoms with Gasteiger partial charge in [0.2, 0.25) is 15.9 Å². The fraction of sp³-hybridized carbons (Fsp3) is 0.278. The van der Waals surface area contributed by atoms with E-state index in [0.29, 0.717) is 24.4 Å². The minimum absolute atomic E-state index is 0.107. The third-order valence-corrected chi connectivity index (χ3v) is 5.27. The Bertz CT molecular complexity index is 928. The van der Waals surface area contributed by atoms with Gasteiger partial charge in [-0.25, -0.2) is 13.6 Å². The van der Waals surface area contributed by atoms with Crippen molar-refractivity contribution in [2.75, 3.05) is 30.4 Å². The monoisotopic (exact) mass is 375 g/mol. The molecule has 138 valence electrons. The molecule has 0 saturated carbocycles. The molecule has 0 radical (unpaired) electrons. The zero-order chi connectivity index (χ0) is 18.7. The molecule has 26 heavy (non-hydrogen) atoms. The third kappa shape index (κ3) is 3.97. The van der Waals surface area contributed by atoms with Gasteiger partial charge in [0.1, 0.15) is 5.75 Å². The molecule has 2 aromatic carbocycles. The second kappa shape index (κ2) is 7.35. The Morgan fingerprint density at radius 1 is 1.27 bits per heavy atom. The van der Waals surface area contributed by atoms with E-state index in [4.69, 9.17) is 9.88 Å². The summed E-state index contributed by atoms with van der Waals surface area (Å²) in [4.78, 5) is 14.4. The summed E-state index contributed by atoms with van der Waals surface area (Å²) in [6.45, 7) is 1.29. The van der Waals surface area contributed by atoms with E-state index in [1.807, 2.05) is 12.1 Å². The topological polar surface area (TPSA) is 102 Å². The number of rotatable bonds is 6. The summed E-state index contributed by atoms with van der Waals surface area (Å²) in [5.41, 5.74) is 2.52. The Kier molecular flexibility index (Phi) is 5.15. The first-order valence-electron chi connectivity index (χ1n) is 8.22. The van der Waals surface area contributed by atoms with Crippen molar-refractivity contribution in [1.29, 1.82) is 0 Å². The normalized spacial score (nSPS) is 13.4. The standard InChI is InChI=1S/C18H21N3O4S/c1-25-17-5-3-2-4-15(17)20-18(22)9-11-21-10-8-13-12-14(26(19,23)24)6-7-16(13)21/h2-7,12H,8-11H2,1H3,(H,20,22)(H2,19,23,24). The van der Waals surface area contributed by atoms with E-state index in [1.54, 1.807) is 31.4 Å². The highest BCUT2D eigenvalue weighted by molar-refractivity contribution is 7.89. The molecule has 0 spiro atoms. The lowest BCUT2D eigenvalue weighted by Crippen LogP contribution is -2.26. The van der Waals surface area contributed by atoms with Crippen molar-refractivity contribution < 1.29 is 17.9 Å². The van der Waals surface area contributed by atoms with Gasteiger partial charge in [0.15, 0.2) is 0 Å². The predicted molar refractivity (Wildman–Crippen MR) is 100.0 cm³/mol. The van der Waals surface area contributed by atoms with Crippen LogP contribution in [0.2, 0.25) is 0 Å². The van der Waals surface area contributed by atoms with Crippen LogP contribution in [0.4, 0.5) is 11.4 Å². The number of nitrogens with one attached hydrogen (secondary N) is 1. The second-order valence-electron chi connectivity index (χ2n) is 6.07. The molecule has 8 heteroatoms. The highest BCUT2D eigenvalue weighted by Gasteiger charge is 2.22. The molecule has 0 atom stereocenters. The quantitative estimate of drug-likeness (QED) is 0.801. The molecule has 0 saturated heterocycles. The van der Waals surface area contributed by atoms with Gasteiger partial charge in [-0.2, -0.15) is 0 Å². The van der Waals surface area contributed by atoms with Crippen molar-refractivity contribution in [3.8, 4) is 5.75 Å². The number of amides is 1. The number of methoxy groups -OCH3 is 1. The van der Waals surface area contributed by atoms with Gasteiger partial charge in [0, 0.05) is 25.2 Å². The minimum Gasteiger partial charge on any atom is -0.495 e. The Morgan fingerprint density at radius 3 is 2.77 bits per heavy atom. The van der Waals surface area contributed by atoms with Gasteiger partial charge < -0.3 is 15.0 Å². The molecule has 0 aliphatic carbocycles. The number of benzene rings is 2. The average Bonchev–Trinajstić information content (AvgIpc) is 3.02. The molecule has 3 N–H and O–H groups in total. The van der Waals surface area contributed by atoms with Crippen LogP contribution in [0.1, 0.15) is 12.0 Å². The van der Waals surface area contributed by atoms with Crippen molar-refractivity contribution in [3.05, 3.63) is 48.0 Å². The molecule has 7 nitrogen and oxygen atoms in total. The number of fused-ring (bicyclic) bond motifs is 1. The number of nitrogens with zero attached hydrogens (tertiary/aromatic N) is 1. The maximum absolute atomic E-state index is 12.2. The van der Waals surface area contributed by atoms with Gasteiger partial charge in [-0.05, 0) is 42.3 Å². The van der Waals surface area contributed by atoms with E-state index in [1.165, 1.54) is 6.07 Å². The molecule has 3 rings (SSSR count). The summed E-state index contributed by atoms with van der Waals surface area (Å²) in [6, 6.07) is 12.1. The fourth-order valence-corrected chi connectivity index (χ4v) is 3.62. The van der Waals surface area contributed by atoms with Crippen LogP contribution in [0.15, 0.2) is 47.4 Å². The van der Waals surface area contributed by atoms with Crippen molar-refractivity contribution in [3.63, 3.8) is 0 Å². The number of para-hydroxylation sites is 2. The zero-order valence-corrected chi connectivity index (χ0v) is 15.3. The first-order valence-corrected chi connectivity index (χ1v) is 9.76. The summed E-state index contributed by atoms with van der Waals surface area (Å²) in [7, 11) is -2.15. The lowest BCUT2D eigenvalue weighted by Gasteiger charge is -2.19. The van der Waals surface area contributed by atoms with E-state index in [-0.39, 0.29) is 10.8 Å². The van der Waals surface area contributed by atoms with Crippen LogP contribution < -0.4 is 20.1 Å². The van der Waals surface area contributed by atoms with E-state index in [2.05, 4.69) is 10.2 Å². The van der Waals surface area contributed by atoms with E-state index in [0.717, 1.165) is 24.2 Å². The smallest absolute Gasteiger partial charge is 0.238 e. The maximum atomic E-state index is 12.2. The largest absolute Gasteiger partial charge is 0.495 e. The van der Waals surface area contributed by atoms with Crippen LogP contribution in [0.3, 0.4) is 0 Å². The summed E-state index contributed by atoms with van der Waals surface area (Å²) in [5.74, 6) is 0.506. The van der Waals surface area contributed by atoms with Gasteiger partial charge >= 0.3 is 0 Å². The lowest BCUT2D eigenvalue weighted by atomic mass is 10.2. The van der Waals surface area contributed by atoms with Crippen molar-refractivity contribution in [1.82, 2.24) is 0 Å². The first kappa shape index (κ1) is 18.2. The van der Waals surface area contributed by atoms with Crippen LogP contribution in [-0.2, 0) is 21.2 Å². The molecule has 1 amide bonds. The number of primary sulfonamides is 1. The second-order valence-corrected chi connectivity index (χ2v) is 7.63. The maximum Gasteiger partial charge on any atom is 0.238 e. The van der Waals surface area contributed by atoms with E-state index in [9.17, 15) is 13.2 Å². The molecule has 0 aromatic heterocycles. The molecule has 0 unspecified atom stereocenters. The highest BCUT2D eigenvalue weighted by atomic mass is 32.2. The Hall–Kier alpha value is -2.58. The van der Waals surface area contributed by atoms with Crippen molar-refractivity contribution in [2.45, 2.75) is 17.7 Å². The van der Waals surface area contributed by atoms with Gasteiger partial charge in [0.05, 0.1) is 17.7 Å². The number of ether oxygens (including phenoxy) is 1.